The molecule has 0 unspecified atom stereocenters. The Hall–Kier alpha value is -1.55. The normalized spacial score (nSPS) is 14.8. The van der Waals surface area contributed by atoms with Crippen LogP contribution in [-0.2, 0) is 17.8 Å². The van der Waals surface area contributed by atoms with Crippen LogP contribution in [0, 0.1) is 0 Å². The van der Waals surface area contributed by atoms with E-state index in [1.165, 1.54) is 17.5 Å². The van der Waals surface area contributed by atoms with Gasteiger partial charge in [-0.15, -0.1) is 12.4 Å². The van der Waals surface area contributed by atoms with Crippen molar-refractivity contribution in [1.29, 1.82) is 0 Å². The first kappa shape index (κ1) is 18.8. The van der Waals surface area contributed by atoms with Crippen molar-refractivity contribution in [3.05, 3.63) is 65.7 Å². The van der Waals surface area contributed by atoms with Crippen molar-refractivity contribution in [2.75, 3.05) is 32.8 Å². The highest BCUT2D eigenvalue weighted by Gasteiger charge is 2.10. The number of hydrogen-bond donors (Lipinski definition) is 0. The van der Waals surface area contributed by atoms with E-state index in [1.54, 1.807) is 0 Å². The minimum Gasteiger partial charge on any atom is -0.489 e. The number of halogens is 1. The molecule has 3 rings (SSSR count). The van der Waals surface area contributed by atoms with Gasteiger partial charge >= 0.3 is 0 Å². The van der Waals surface area contributed by atoms with Gasteiger partial charge in [0.25, 0.3) is 0 Å². The van der Waals surface area contributed by atoms with Gasteiger partial charge in [-0.3, -0.25) is 4.90 Å². The molecule has 0 aliphatic carbocycles. The fourth-order valence-corrected chi connectivity index (χ4v) is 2.94. The minimum atomic E-state index is 0. The summed E-state index contributed by atoms with van der Waals surface area (Å²) < 4.78 is 11.3. The van der Waals surface area contributed by atoms with Crippen LogP contribution >= 0.6 is 12.4 Å². The summed E-state index contributed by atoms with van der Waals surface area (Å²) in [6.45, 7) is 5.68. The van der Waals surface area contributed by atoms with Crippen molar-refractivity contribution >= 4 is 12.4 Å². The van der Waals surface area contributed by atoms with E-state index < -0.39 is 0 Å². The quantitative estimate of drug-likeness (QED) is 0.757. The van der Waals surface area contributed by atoms with Crippen LogP contribution in [-0.4, -0.2) is 37.7 Å². The van der Waals surface area contributed by atoms with Crippen LogP contribution in [0.1, 0.15) is 17.5 Å². The highest BCUT2D eigenvalue weighted by Crippen LogP contribution is 2.16. The van der Waals surface area contributed by atoms with Crippen LogP contribution in [0.2, 0.25) is 0 Å². The maximum Gasteiger partial charge on any atom is 0.119 e. The number of hydrogen-bond acceptors (Lipinski definition) is 3. The largest absolute Gasteiger partial charge is 0.489 e. The summed E-state index contributed by atoms with van der Waals surface area (Å²) in [5, 5.41) is 0. The monoisotopic (exact) mass is 347 g/mol. The van der Waals surface area contributed by atoms with Crippen LogP contribution in [0.3, 0.4) is 0 Å². The molecule has 1 aliphatic rings. The van der Waals surface area contributed by atoms with Gasteiger partial charge in [0.2, 0.25) is 0 Å². The zero-order chi connectivity index (χ0) is 15.7. The van der Waals surface area contributed by atoms with E-state index in [4.69, 9.17) is 9.47 Å². The first-order valence-electron chi connectivity index (χ1n) is 8.46. The second-order valence-electron chi connectivity index (χ2n) is 5.93. The van der Waals surface area contributed by atoms with Gasteiger partial charge < -0.3 is 9.47 Å². The second kappa shape index (κ2) is 10.3. The van der Waals surface area contributed by atoms with Gasteiger partial charge in [-0.05, 0) is 42.6 Å². The maximum atomic E-state index is 5.90. The third kappa shape index (κ3) is 5.82. The Morgan fingerprint density at radius 3 is 2.29 bits per heavy atom. The number of rotatable bonds is 7. The summed E-state index contributed by atoms with van der Waals surface area (Å²) in [5.74, 6) is 0.926. The van der Waals surface area contributed by atoms with Gasteiger partial charge in [0, 0.05) is 13.1 Å². The Labute approximate surface area is 151 Å². The molecule has 0 atom stereocenters. The van der Waals surface area contributed by atoms with E-state index in [0.29, 0.717) is 6.61 Å². The fourth-order valence-electron chi connectivity index (χ4n) is 2.94. The molecule has 0 radical (unpaired) electrons. The Morgan fingerprint density at radius 1 is 0.875 bits per heavy atom. The van der Waals surface area contributed by atoms with E-state index >= 15 is 0 Å². The molecule has 0 N–H and O–H groups in total. The predicted molar refractivity (Wildman–Crippen MR) is 100 cm³/mol. The third-order valence-corrected chi connectivity index (χ3v) is 4.28. The molecule has 130 valence electrons. The lowest BCUT2D eigenvalue weighted by molar-refractivity contribution is 0.0374. The van der Waals surface area contributed by atoms with Crippen LogP contribution in [0.25, 0.3) is 0 Å². The molecule has 3 nitrogen and oxygen atoms in total. The second-order valence-corrected chi connectivity index (χ2v) is 5.93. The van der Waals surface area contributed by atoms with Crippen molar-refractivity contribution in [2.45, 2.75) is 19.4 Å². The van der Waals surface area contributed by atoms with Gasteiger partial charge in [0.1, 0.15) is 12.4 Å². The standard InChI is InChI=1S/C20H25NO2.ClH/c1-2-10-20(11-3-1)23-17-19-8-5-4-7-18(19)9-6-12-21-13-15-22-16-14-21;/h1-5,7-8,10-11H,6,9,12-17H2;1H. The molecule has 2 aromatic rings. The van der Waals surface area contributed by atoms with E-state index in [9.17, 15) is 0 Å². The van der Waals surface area contributed by atoms with Gasteiger partial charge in [-0.2, -0.15) is 0 Å². The van der Waals surface area contributed by atoms with Gasteiger partial charge in [-0.1, -0.05) is 42.5 Å². The van der Waals surface area contributed by atoms with Crippen molar-refractivity contribution in [1.82, 2.24) is 4.90 Å². The van der Waals surface area contributed by atoms with Crippen molar-refractivity contribution < 1.29 is 9.47 Å². The molecule has 0 saturated carbocycles. The molecule has 0 amide bonds. The molecule has 1 heterocycles. The Bertz CT molecular complexity index is 585. The molecule has 0 aromatic heterocycles. The number of morpholine rings is 1. The van der Waals surface area contributed by atoms with Crippen LogP contribution in [0.4, 0.5) is 0 Å². The zero-order valence-corrected chi connectivity index (χ0v) is 14.8. The Morgan fingerprint density at radius 2 is 1.54 bits per heavy atom. The van der Waals surface area contributed by atoms with Crippen LogP contribution < -0.4 is 4.74 Å². The average Bonchev–Trinajstić information content (AvgIpc) is 2.63. The van der Waals surface area contributed by atoms with Crippen LogP contribution in [0.5, 0.6) is 5.75 Å². The number of nitrogens with zero attached hydrogens (tertiary/aromatic N) is 1. The number of para-hydroxylation sites is 1. The molecule has 1 fully saturated rings. The zero-order valence-electron chi connectivity index (χ0n) is 14.0. The molecule has 1 saturated heterocycles. The molecule has 0 spiro atoms. The van der Waals surface area contributed by atoms with E-state index in [2.05, 4.69) is 29.2 Å². The molecule has 24 heavy (non-hydrogen) atoms. The highest BCUT2D eigenvalue weighted by molar-refractivity contribution is 5.85. The SMILES string of the molecule is Cl.c1ccc(OCc2ccccc2CCCN2CCOCC2)cc1. The van der Waals surface area contributed by atoms with Crippen molar-refractivity contribution in [3.63, 3.8) is 0 Å². The topological polar surface area (TPSA) is 21.7 Å². The van der Waals surface area contributed by atoms with Crippen LogP contribution in [0.15, 0.2) is 54.6 Å². The molecule has 0 bridgehead atoms. The summed E-state index contributed by atoms with van der Waals surface area (Å²) in [6, 6.07) is 18.6. The average molecular weight is 348 g/mol. The smallest absolute Gasteiger partial charge is 0.119 e. The molecule has 4 heteroatoms. The molecular weight excluding hydrogens is 322 g/mol. The predicted octanol–water partition coefficient (Wildman–Crippen LogP) is 3.95. The number of aryl methyl sites for hydroxylation is 1. The number of benzene rings is 2. The highest BCUT2D eigenvalue weighted by atomic mass is 35.5. The minimum absolute atomic E-state index is 0. The summed E-state index contributed by atoms with van der Waals surface area (Å²) >= 11 is 0. The van der Waals surface area contributed by atoms with E-state index in [1.807, 2.05) is 30.3 Å². The lowest BCUT2D eigenvalue weighted by atomic mass is 10.0. The van der Waals surface area contributed by atoms with E-state index in [-0.39, 0.29) is 12.4 Å². The fraction of sp³-hybridized carbons (Fsp3) is 0.400. The summed E-state index contributed by atoms with van der Waals surface area (Å²) in [5.41, 5.74) is 2.69. The maximum absolute atomic E-state index is 5.90. The summed E-state index contributed by atoms with van der Waals surface area (Å²) in [4.78, 5) is 2.49. The Balaban J connectivity index is 0.00000208. The van der Waals surface area contributed by atoms with Crippen molar-refractivity contribution in [3.8, 4) is 5.75 Å². The third-order valence-electron chi connectivity index (χ3n) is 4.28. The lowest BCUT2D eigenvalue weighted by Gasteiger charge is -2.26. The Kier molecular flexibility index (Phi) is 8.10. The first-order chi connectivity index (χ1) is 11.4. The van der Waals surface area contributed by atoms with Gasteiger partial charge in [0.05, 0.1) is 13.2 Å². The molecule has 2 aromatic carbocycles. The first-order valence-corrected chi connectivity index (χ1v) is 8.46. The van der Waals surface area contributed by atoms with Crippen molar-refractivity contribution in [2.24, 2.45) is 0 Å². The summed E-state index contributed by atoms with van der Waals surface area (Å²) in [6.07, 6.45) is 2.29. The summed E-state index contributed by atoms with van der Waals surface area (Å²) in [7, 11) is 0. The number of ether oxygens (including phenoxy) is 2. The van der Waals surface area contributed by atoms with Gasteiger partial charge in [0.15, 0.2) is 0 Å². The lowest BCUT2D eigenvalue weighted by Crippen LogP contribution is -2.36. The molecule has 1 aliphatic heterocycles. The van der Waals surface area contributed by atoms with Gasteiger partial charge in [-0.25, -0.2) is 0 Å². The molecular formula is C20H26ClNO2. The van der Waals surface area contributed by atoms with E-state index in [0.717, 1.165) is 45.0 Å².